The molecule has 1 N–H and O–H groups in total. The summed E-state index contributed by atoms with van der Waals surface area (Å²) in [5.74, 6) is 0.188. The maximum Gasteiger partial charge on any atom is 0.219 e. The van der Waals surface area contributed by atoms with E-state index in [1.165, 1.54) is 9.71 Å². The van der Waals surface area contributed by atoms with E-state index in [0.717, 1.165) is 70.5 Å². The van der Waals surface area contributed by atoms with Crippen molar-refractivity contribution in [2.45, 2.75) is 32.1 Å². The van der Waals surface area contributed by atoms with Crippen molar-refractivity contribution in [2.24, 2.45) is 0 Å². The number of piperazine rings is 1. The van der Waals surface area contributed by atoms with Crippen LogP contribution in [0.1, 0.15) is 30.7 Å². The molecule has 3 rings (SSSR count). The molecule has 1 aliphatic rings. The van der Waals surface area contributed by atoms with Gasteiger partial charge in [0.05, 0.1) is 15.2 Å². The van der Waals surface area contributed by atoms with Crippen LogP contribution in [0.4, 0.5) is 0 Å². The molecule has 0 atom stereocenters. The zero-order chi connectivity index (χ0) is 18.2. The van der Waals surface area contributed by atoms with Crippen LogP contribution >= 0.6 is 11.3 Å². The molecule has 2 aromatic rings. The van der Waals surface area contributed by atoms with Crippen LogP contribution in [-0.2, 0) is 11.2 Å². The molecule has 1 amide bonds. The lowest BCUT2D eigenvalue weighted by atomic mass is 10.2. The summed E-state index contributed by atoms with van der Waals surface area (Å²) in [6.07, 6.45) is 4.59. The Morgan fingerprint density at radius 3 is 2.77 bits per heavy atom. The molecule has 1 aromatic heterocycles. The monoisotopic (exact) mass is 374 g/mol. The summed E-state index contributed by atoms with van der Waals surface area (Å²) in [5.41, 5.74) is 1.09. The van der Waals surface area contributed by atoms with Gasteiger partial charge in [-0.05, 0) is 51.4 Å². The quantitative estimate of drug-likeness (QED) is 0.686. The number of fused-ring (bicyclic) bond motifs is 1. The van der Waals surface area contributed by atoms with E-state index in [4.69, 9.17) is 0 Å². The maximum atomic E-state index is 11.9. The zero-order valence-electron chi connectivity index (χ0n) is 15.7. The summed E-state index contributed by atoms with van der Waals surface area (Å²) in [5, 5.41) is 4.24. The Morgan fingerprint density at radius 2 is 1.96 bits per heavy atom. The Morgan fingerprint density at radius 1 is 1.15 bits per heavy atom. The van der Waals surface area contributed by atoms with E-state index in [9.17, 15) is 4.79 Å². The molecular formula is C20H30N4OS. The SMILES string of the molecule is CN1CCN(CCCNC(=O)CCCCc2nc3ccccc3s2)CC1. The molecule has 2 heterocycles. The van der Waals surface area contributed by atoms with Gasteiger partial charge in [-0.1, -0.05) is 12.1 Å². The van der Waals surface area contributed by atoms with Crippen molar-refractivity contribution in [2.75, 3.05) is 46.3 Å². The van der Waals surface area contributed by atoms with Gasteiger partial charge in [-0.25, -0.2) is 4.98 Å². The number of carbonyl (C=O) groups excluding carboxylic acids is 1. The lowest BCUT2D eigenvalue weighted by Crippen LogP contribution is -2.45. The van der Waals surface area contributed by atoms with Crippen molar-refractivity contribution in [3.05, 3.63) is 29.3 Å². The molecule has 142 valence electrons. The smallest absolute Gasteiger partial charge is 0.219 e. The van der Waals surface area contributed by atoms with Gasteiger partial charge in [-0.2, -0.15) is 0 Å². The molecule has 1 aromatic carbocycles. The van der Waals surface area contributed by atoms with Crippen LogP contribution < -0.4 is 5.32 Å². The number of hydrogen-bond donors (Lipinski definition) is 1. The normalized spacial score (nSPS) is 16.2. The predicted molar refractivity (Wildman–Crippen MR) is 109 cm³/mol. The number of nitrogens with zero attached hydrogens (tertiary/aromatic N) is 3. The van der Waals surface area contributed by atoms with Crippen LogP contribution in [0, 0.1) is 0 Å². The van der Waals surface area contributed by atoms with Gasteiger partial charge in [0.1, 0.15) is 0 Å². The third kappa shape index (κ3) is 6.04. The molecule has 0 bridgehead atoms. The van der Waals surface area contributed by atoms with Gasteiger partial charge < -0.3 is 15.1 Å². The molecule has 1 saturated heterocycles. The van der Waals surface area contributed by atoms with Crippen molar-refractivity contribution < 1.29 is 4.79 Å². The number of hydrogen-bond acceptors (Lipinski definition) is 5. The standard InChI is InChI=1S/C20H30N4OS/c1-23-13-15-24(16-14-23)12-6-11-21-19(25)9-4-5-10-20-22-17-7-2-3-8-18(17)26-20/h2-3,7-8H,4-6,9-16H2,1H3,(H,21,25). The van der Waals surface area contributed by atoms with Gasteiger partial charge >= 0.3 is 0 Å². The van der Waals surface area contributed by atoms with Crippen LogP contribution in [0.2, 0.25) is 0 Å². The number of nitrogens with one attached hydrogen (secondary N) is 1. The van der Waals surface area contributed by atoms with E-state index in [-0.39, 0.29) is 5.91 Å². The number of likely N-dealkylation sites (N-methyl/N-ethyl adjacent to an activating group) is 1. The highest BCUT2D eigenvalue weighted by atomic mass is 32.1. The topological polar surface area (TPSA) is 48.5 Å². The Balaban J connectivity index is 1.23. The lowest BCUT2D eigenvalue weighted by Gasteiger charge is -2.32. The number of thiazole rings is 1. The second-order valence-corrected chi connectivity index (χ2v) is 8.25. The minimum atomic E-state index is 0.188. The Labute approximate surface area is 160 Å². The minimum Gasteiger partial charge on any atom is -0.356 e. The molecule has 5 nitrogen and oxygen atoms in total. The van der Waals surface area contributed by atoms with Crippen LogP contribution in [-0.4, -0.2) is 67.0 Å². The van der Waals surface area contributed by atoms with E-state index >= 15 is 0 Å². The van der Waals surface area contributed by atoms with Crippen molar-refractivity contribution in [1.29, 1.82) is 0 Å². The number of aromatic nitrogens is 1. The van der Waals surface area contributed by atoms with Gasteiger partial charge in [-0.3, -0.25) is 4.79 Å². The van der Waals surface area contributed by atoms with Crippen LogP contribution in [0.5, 0.6) is 0 Å². The first-order valence-corrected chi connectivity index (χ1v) is 10.5. The van der Waals surface area contributed by atoms with E-state index < -0.39 is 0 Å². The highest BCUT2D eigenvalue weighted by Crippen LogP contribution is 2.22. The van der Waals surface area contributed by atoms with E-state index in [0.29, 0.717) is 6.42 Å². The number of unbranched alkanes of at least 4 members (excludes halogenated alkanes) is 1. The summed E-state index contributed by atoms with van der Waals surface area (Å²) in [4.78, 5) is 21.5. The van der Waals surface area contributed by atoms with E-state index in [1.807, 2.05) is 6.07 Å². The summed E-state index contributed by atoms with van der Waals surface area (Å²) in [6.45, 7) is 6.49. The Kier molecular flexibility index (Phi) is 7.41. The minimum absolute atomic E-state index is 0.188. The number of benzene rings is 1. The van der Waals surface area contributed by atoms with Crippen molar-refractivity contribution in [1.82, 2.24) is 20.1 Å². The molecular weight excluding hydrogens is 344 g/mol. The largest absolute Gasteiger partial charge is 0.356 e. The number of rotatable bonds is 9. The van der Waals surface area contributed by atoms with Crippen molar-refractivity contribution in [3.63, 3.8) is 0 Å². The van der Waals surface area contributed by atoms with Gasteiger partial charge in [0.15, 0.2) is 0 Å². The first-order valence-electron chi connectivity index (χ1n) is 9.73. The molecule has 0 unspecified atom stereocenters. The molecule has 6 heteroatoms. The second kappa shape index (κ2) is 10.00. The summed E-state index contributed by atoms with van der Waals surface area (Å²) in [7, 11) is 2.18. The highest BCUT2D eigenvalue weighted by Gasteiger charge is 2.12. The van der Waals surface area contributed by atoms with Crippen LogP contribution in [0.15, 0.2) is 24.3 Å². The van der Waals surface area contributed by atoms with E-state index in [2.05, 4.69) is 45.3 Å². The first-order chi connectivity index (χ1) is 12.7. The predicted octanol–water partition coefficient (Wildman–Crippen LogP) is 2.76. The fourth-order valence-corrected chi connectivity index (χ4v) is 4.29. The van der Waals surface area contributed by atoms with Crippen molar-refractivity contribution in [3.8, 4) is 0 Å². The molecule has 0 spiro atoms. The van der Waals surface area contributed by atoms with Gasteiger partial charge in [0.25, 0.3) is 0 Å². The second-order valence-electron chi connectivity index (χ2n) is 7.13. The number of aryl methyl sites for hydroxylation is 1. The maximum absolute atomic E-state index is 11.9. The fraction of sp³-hybridized carbons (Fsp3) is 0.600. The third-order valence-electron chi connectivity index (χ3n) is 4.95. The fourth-order valence-electron chi connectivity index (χ4n) is 3.28. The molecule has 0 saturated carbocycles. The zero-order valence-corrected chi connectivity index (χ0v) is 16.6. The average molecular weight is 375 g/mol. The Hall–Kier alpha value is -1.50. The van der Waals surface area contributed by atoms with Crippen LogP contribution in [0.3, 0.4) is 0 Å². The number of carbonyl (C=O) groups is 1. The molecule has 1 aliphatic heterocycles. The number of para-hydroxylation sites is 1. The third-order valence-corrected chi connectivity index (χ3v) is 6.05. The van der Waals surface area contributed by atoms with Gasteiger partial charge in [0.2, 0.25) is 5.91 Å². The average Bonchev–Trinajstić information content (AvgIpc) is 3.07. The molecule has 0 radical (unpaired) electrons. The lowest BCUT2D eigenvalue weighted by molar-refractivity contribution is -0.121. The summed E-state index contributed by atoms with van der Waals surface area (Å²) < 4.78 is 1.25. The van der Waals surface area contributed by atoms with Gasteiger partial charge in [-0.15, -0.1) is 11.3 Å². The molecule has 0 aliphatic carbocycles. The first kappa shape index (κ1) is 19.3. The highest BCUT2D eigenvalue weighted by molar-refractivity contribution is 7.18. The Bertz CT molecular complexity index is 661. The van der Waals surface area contributed by atoms with Crippen molar-refractivity contribution >= 4 is 27.5 Å². The summed E-state index contributed by atoms with van der Waals surface area (Å²) in [6, 6.07) is 8.26. The van der Waals surface area contributed by atoms with Crippen LogP contribution in [0.25, 0.3) is 10.2 Å². The number of amides is 1. The summed E-state index contributed by atoms with van der Waals surface area (Å²) >= 11 is 1.77. The molecule has 1 fully saturated rings. The van der Waals surface area contributed by atoms with Gasteiger partial charge in [0, 0.05) is 39.1 Å². The molecule has 26 heavy (non-hydrogen) atoms. The van der Waals surface area contributed by atoms with E-state index in [1.54, 1.807) is 11.3 Å².